The lowest BCUT2D eigenvalue weighted by Crippen LogP contribution is -2.42. The van der Waals surface area contributed by atoms with Crippen LogP contribution in [0.25, 0.3) is 0 Å². The van der Waals surface area contributed by atoms with Gasteiger partial charge in [0.2, 0.25) is 0 Å². The Labute approximate surface area is 254 Å². The highest BCUT2D eigenvalue weighted by atomic mass is 32.1. The summed E-state index contributed by atoms with van der Waals surface area (Å²) in [4.78, 5) is 12.5. The summed E-state index contributed by atoms with van der Waals surface area (Å²) in [6, 6.07) is 0. The number of unbranched alkanes of at least 4 members (excludes halogenated alkanes) is 13. The van der Waals surface area contributed by atoms with Crippen molar-refractivity contribution in [2.45, 2.75) is 181 Å². The fraction of sp³-hybridized carbons (Fsp3) is 0.969. The van der Waals surface area contributed by atoms with Gasteiger partial charge in [0.25, 0.3) is 0 Å². The maximum atomic E-state index is 12.5. The zero-order chi connectivity index (χ0) is 30.3. The zero-order valence-electron chi connectivity index (χ0n) is 26.8. The third-order valence-corrected chi connectivity index (χ3v) is 8.14. The van der Waals surface area contributed by atoms with Crippen molar-refractivity contribution >= 4 is 27.1 Å². The molecule has 8 heteroatoms. The molecule has 0 aromatic rings. The Kier molecular flexibility index (Phi) is 24.1. The van der Waals surface area contributed by atoms with Gasteiger partial charge in [0.15, 0.2) is 6.29 Å². The van der Waals surface area contributed by atoms with E-state index in [1.165, 1.54) is 96.3 Å². The van der Waals surface area contributed by atoms with Gasteiger partial charge in [-0.05, 0) is 24.2 Å². The standard InChI is InChI=1S/C32H63O6PS/c1-7-10-12-14-16-17-18-20-22-24-27(23-21-19-15-13-11-8-2)25-29(40)37-28(9-3)38-32(34,39-35)30(33)36-26-31(4,5)6/h27-29,34,40H,7-26H2,1-6H3/p+1. The first-order valence-electron chi connectivity index (χ1n) is 16.3. The van der Waals surface area contributed by atoms with Crippen molar-refractivity contribution in [3.63, 3.8) is 0 Å². The molecule has 5 unspecified atom stereocenters. The van der Waals surface area contributed by atoms with E-state index >= 15 is 0 Å². The molecule has 0 aliphatic rings. The van der Waals surface area contributed by atoms with Crippen LogP contribution in [0.15, 0.2) is 0 Å². The topological polar surface area (TPSA) is 82.1 Å². The van der Waals surface area contributed by atoms with E-state index in [9.17, 15) is 14.5 Å². The van der Waals surface area contributed by atoms with Gasteiger partial charge in [0.1, 0.15) is 5.44 Å². The molecule has 0 saturated heterocycles. The largest absolute Gasteiger partial charge is 0.472 e. The van der Waals surface area contributed by atoms with Crippen molar-refractivity contribution in [2.75, 3.05) is 6.61 Å². The lowest BCUT2D eigenvalue weighted by Gasteiger charge is -2.27. The van der Waals surface area contributed by atoms with Crippen molar-refractivity contribution in [3.05, 3.63) is 0 Å². The van der Waals surface area contributed by atoms with Crippen molar-refractivity contribution < 1.29 is 28.7 Å². The molecule has 0 rings (SSSR count). The van der Waals surface area contributed by atoms with Crippen LogP contribution in [0, 0.1) is 11.3 Å². The third-order valence-electron chi connectivity index (χ3n) is 7.21. The van der Waals surface area contributed by atoms with Gasteiger partial charge in [-0.1, -0.05) is 155 Å². The normalized spacial score (nSPS) is 16.0. The summed E-state index contributed by atoms with van der Waals surface area (Å²) in [7, 11) is -1.43. The lowest BCUT2D eigenvalue weighted by atomic mass is 9.91. The molecule has 0 aliphatic carbocycles. The van der Waals surface area contributed by atoms with E-state index in [1.54, 1.807) is 0 Å². The monoisotopic (exact) mass is 607 g/mol. The van der Waals surface area contributed by atoms with Crippen LogP contribution < -0.4 is 0 Å². The van der Waals surface area contributed by atoms with Gasteiger partial charge >= 0.3 is 20.0 Å². The van der Waals surface area contributed by atoms with E-state index in [1.807, 2.05) is 27.7 Å². The number of hydrogen-bond donors (Lipinski definition) is 2. The van der Waals surface area contributed by atoms with E-state index in [0.29, 0.717) is 12.3 Å². The van der Waals surface area contributed by atoms with Gasteiger partial charge in [-0.15, -0.1) is 12.6 Å². The van der Waals surface area contributed by atoms with Gasteiger partial charge in [-0.3, -0.25) is 4.74 Å². The molecule has 0 saturated carbocycles. The Balaban J connectivity index is 4.83. The highest BCUT2D eigenvalue weighted by molar-refractivity contribution is 7.80. The summed E-state index contributed by atoms with van der Waals surface area (Å²) in [6.07, 6.45) is 22.1. The summed E-state index contributed by atoms with van der Waals surface area (Å²) >= 11 is 4.71. The molecule has 0 aliphatic heterocycles. The first-order chi connectivity index (χ1) is 19.0. The first kappa shape index (κ1) is 39.8. The Morgan fingerprint density at radius 1 is 0.800 bits per heavy atom. The smallest absolute Gasteiger partial charge is 0.458 e. The van der Waals surface area contributed by atoms with Crippen molar-refractivity contribution in [1.82, 2.24) is 0 Å². The molecule has 0 amide bonds. The number of esters is 1. The molecular weight excluding hydrogens is 543 g/mol. The molecule has 6 nitrogen and oxygen atoms in total. The molecule has 0 aromatic heterocycles. The Morgan fingerprint density at radius 3 is 1.65 bits per heavy atom. The van der Waals surface area contributed by atoms with Crippen LogP contribution in [-0.4, -0.2) is 34.9 Å². The van der Waals surface area contributed by atoms with Crippen LogP contribution in [0.1, 0.15) is 164 Å². The van der Waals surface area contributed by atoms with Gasteiger partial charge in [0.05, 0.1) is 6.61 Å². The molecule has 0 aromatic carbocycles. The minimum atomic E-state index is -2.55. The number of carbonyl (C=O) groups excluding carboxylic acids is 1. The molecule has 40 heavy (non-hydrogen) atoms. The zero-order valence-corrected chi connectivity index (χ0v) is 28.7. The minimum absolute atomic E-state index is 0.0772. The number of aliphatic hydroxyl groups is 1. The Hall–Kier alpha value is -0.200. The maximum Gasteiger partial charge on any atom is 0.472 e. The molecule has 1 N–H and O–H groups in total. The quantitative estimate of drug-likeness (QED) is 0.0318. The highest BCUT2D eigenvalue weighted by Gasteiger charge is 2.52. The number of ether oxygens (including phenoxy) is 3. The second-order valence-corrected chi connectivity index (χ2v) is 14.2. The van der Waals surface area contributed by atoms with E-state index in [2.05, 4.69) is 13.8 Å². The Morgan fingerprint density at radius 2 is 1.25 bits per heavy atom. The fourth-order valence-electron chi connectivity index (χ4n) is 4.74. The summed E-state index contributed by atoms with van der Waals surface area (Å²) in [6.45, 7) is 12.1. The lowest BCUT2D eigenvalue weighted by molar-refractivity contribution is -0.259. The molecule has 0 fully saturated rings. The van der Waals surface area contributed by atoms with Crippen LogP contribution in [-0.2, 0) is 23.6 Å². The molecule has 5 atom stereocenters. The van der Waals surface area contributed by atoms with Crippen molar-refractivity contribution in [1.29, 1.82) is 0 Å². The van der Waals surface area contributed by atoms with Crippen LogP contribution in [0.5, 0.6) is 0 Å². The third kappa shape index (κ3) is 21.5. The molecule has 0 spiro atoms. The minimum Gasteiger partial charge on any atom is -0.458 e. The predicted octanol–water partition coefficient (Wildman–Crippen LogP) is 9.95. The average molecular weight is 608 g/mol. The van der Waals surface area contributed by atoms with Gasteiger partial charge in [0, 0.05) is 0 Å². The predicted molar refractivity (Wildman–Crippen MR) is 171 cm³/mol. The summed E-state index contributed by atoms with van der Waals surface area (Å²) in [5, 5.41) is 10.6. The van der Waals surface area contributed by atoms with E-state index in [4.69, 9.17) is 26.8 Å². The fourth-order valence-corrected chi connectivity index (χ4v) is 5.51. The number of hydrogen-bond acceptors (Lipinski definition) is 7. The molecule has 0 bridgehead atoms. The van der Waals surface area contributed by atoms with Crippen molar-refractivity contribution in [3.8, 4) is 0 Å². The van der Waals surface area contributed by atoms with E-state index in [0.717, 1.165) is 19.3 Å². The number of rotatable bonds is 27. The second-order valence-electron chi connectivity index (χ2n) is 12.7. The second kappa shape index (κ2) is 24.3. The first-order valence-corrected chi connectivity index (χ1v) is 17.7. The Bertz CT molecular complexity index is 629. The number of carbonyl (C=O) groups is 1. The van der Waals surface area contributed by atoms with Crippen LogP contribution >= 0.6 is 21.1 Å². The van der Waals surface area contributed by atoms with Crippen LogP contribution in [0.2, 0.25) is 0 Å². The van der Waals surface area contributed by atoms with E-state index in [-0.39, 0.29) is 12.0 Å². The van der Waals surface area contributed by atoms with Crippen LogP contribution in [0.3, 0.4) is 0 Å². The average Bonchev–Trinajstić information content (AvgIpc) is 2.91. The van der Waals surface area contributed by atoms with Gasteiger partial charge < -0.3 is 14.6 Å². The molecule has 0 heterocycles. The van der Waals surface area contributed by atoms with Gasteiger partial charge in [-0.25, -0.2) is 4.79 Å². The summed E-state index contributed by atoms with van der Waals surface area (Å²) < 4.78 is 28.5. The molecule has 238 valence electrons. The number of thiol groups is 1. The van der Waals surface area contributed by atoms with Gasteiger partial charge in [-0.2, -0.15) is 0 Å². The molecule has 0 radical (unpaired) electrons. The van der Waals surface area contributed by atoms with Crippen LogP contribution in [0.4, 0.5) is 0 Å². The molecular formula is C32H64O6PS+. The highest BCUT2D eigenvalue weighted by Crippen LogP contribution is 2.30. The maximum absolute atomic E-state index is 12.5. The summed E-state index contributed by atoms with van der Waals surface area (Å²) in [5.41, 5.74) is -3.24. The SMILES string of the molecule is CCCCCCCCCCCC(CCCCCCCC)CC(S)OC(CC)OC(O)([PH+]=O)C(=O)OCC(C)(C)C. The van der Waals surface area contributed by atoms with E-state index < -0.39 is 31.7 Å². The van der Waals surface area contributed by atoms with Crippen molar-refractivity contribution in [2.24, 2.45) is 11.3 Å². The summed E-state index contributed by atoms with van der Waals surface area (Å²) in [5.74, 6) is -0.549.